The van der Waals surface area contributed by atoms with Crippen molar-refractivity contribution in [1.82, 2.24) is 19.5 Å². The molecule has 0 amide bonds. The molecule has 5 nitrogen and oxygen atoms in total. The Morgan fingerprint density at radius 3 is 2.29 bits per heavy atom. The number of hydrogen-bond donors (Lipinski definition) is 1. The first-order chi connectivity index (χ1) is 22.3. The SMILES string of the molecule is c1cc(-c2cccc3c2[nH]c2ccccc23)cc(-c2nc(-n3c4ccccc4c4cccnc43)cc3c2oc2ccccc23)c1. The van der Waals surface area contributed by atoms with Gasteiger partial charge in [0.25, 0.3) is 0 Å². The summed E-state index contributed by atoms with van der Waals surface area (Å²) in [5.41, 5.74) is 9.86. The molecule has 0 fully saturated rings. The molecule has 10 aromatic rings. The van der Waals surface area contributed by atoms with Gasteiger partial charge in [-0.2, -0.15) is 0 Å². The number of pyridine rings is 2. The van der Waals surface area contributed by atoms with Crippen molar-refractivity contribution in [3.05, 3.63) is 140 Å². The van der Waals surface area contributed by atoms with Gasteiger partial charge < -0.3 is 9.40 Å². The Kier molecular flexibility index (Phi) is 4.93. The van der Waals surface area contributed by atoms with E-state index in [1.54, 1.807) is 0 Å². The van der Waals surface area contributed by atoms with Crippen molar-refractivity contribution in [1.29, 1.82) is 0 Å². The van der Waals surface area contributed by atoms with Gasteiger partial charge in [0.2, 0.25) is 0 Å². The minimum absolute atomic E-state index is 0.773. The standard InChI is InChI=1S/C40H24N4O/c1-4-18-33-27(12-1)30-16-8-15-26(38(30)42-33)24-10-7-11-25(22-24)37-39-32(29-14-3-6-20-35(29)45-39)23-36(43-37)44-34-19-5-2-13-28(34)31-17-9-21-41-40(31)44/h1-23,42H. The molecule has 10 rings (SSSR count). The Morgan fingerprint density at radius 2 is 1.33 bits per heavy atom. The molecule has 5 heteroatoms. The Hall–Kier alpha value is -6.20. The number of hydrogen-bond acceptors (Lipinski definition) is 3. The van der Waals surface area contributed by atoms with Crippen LogP contribution in [0.15, 0.2) is 144 Å². The lowest BCUT2D eigenvalue weighted by molar-refractivity contribution is 0.668. The molecule has 0 spiro atoms. The van der Waals surface area contributed by atoms with Gasteiger partial charge in [0.1, 0.15) is 22.7 Å². The Balaban J connectivity index is 1.26. The highest BCUT2D eigenvalue weighted by Gasteiger charge is 2.20. The van der Waals surface area contributed by atoms with E-state index in [1.807, 2.05) is 24.4 Å². The third-order valence-corrected chi connectivity index (χ3v) is 9.00. The van der Waals surface area contributed by atoms with Gasteiger partial charge in [0.05, 0.1) is 11.0 Å². The largest absolute Gasteiger partial charge is 0.454 e. The summed E-state index contributed by atoms with van der Waals surface area (Å²) in [7, 11) is 0. The van der Waals surface area contributed by atoms with Crippen LogP contribution in [0, 0.1) is 0 Å². The second-order valence-corrected chi connectivity index (χ2v) is 11.5. The van der Waals surface area contributed by atoms with Gasteiger partial charge >= 0.3 is 0 Å². The van der Waals surface area contributed by atoms with E-state index in [2.05, 4.69) is 125 Å². The van der Waals surface area contributed by atoms with Gasteiger partial charge in [0.15, 0.2) is 5.58 Å². The van der Waals surface area contributed by atoms with Crippen molar-refractivity contribution < 1.29 is 4.42 Å². The van der Waals surface area contributed by atoms with E-state index < -0.39 is 0 Å². The first-order valence-electron chi connectivity index (χ1n) is 15.1. The molecule has 1 N–H and O–H groups in total. The molecule has 210 valence electrons. The van der Waals surface area contributed by atoms with E-state index in [0.717, 1.165) is 83.1 Å². The molecule has 5 aromatic heterocycles. The lowest BCUT2D eigenvalue weighted by Gasteiger charge is -2.11. The van der Waals surface area contributed by atoms with Crippen molar-refractivity contribution >= 4 is 65.7 Å². The molecule has 0 aliphatic heterocycles. The summed E-state index contributed by atoms with van der Waals surface area (Å²) < 4.78 is 8.72. The third kappa shape index (κ3) is 3.49. The molecule has 45 heavy (non-hydrogen) atoms. The monoisotopic (exact) mass is 576 g/mol. The molecule has 0 aliphatic rings. The molecule has 0 saturated heterocycles. The highest BCUT2D eigenvalue weighted by molar-refractivity contribution is 6.13. The lowest BCUT2D eigenvalue weighted by Crippen LogP contribution is -2.00. The smallest absolute Gasteiger partial charge is 0.161 e. The van der Waals surface area contributed by atoms with Crippen molar-refractivity contribution in [2.75, 3.05) is 0 Å². The fraction of sp³-hybridized carbons (Fsp3) is 0. The first kappa shape index (κ1) is 24.3. The summed E-state index contributed by atoms with van der Waals surface area (Å²) in [6.07, 6.45) is 1.85. The van der Waals surface area contributed by atoms with E-state index in [-0.39, 0.29) is 0 Å². The van der Waals surface area contributed by atoms with E-state index in [0.29, 0.717) is 0 Å². The van der Waals surface area contributed by atoms with E-state index >= 15 is 0 Å². The summed E-state index contributed by atoms with van der Waals surface area (Å²) in [4.78, 5) is 13.9. The molecule has 0 atom stereocenters. The maximum absolute atomic E-state index is 6.55. The zero-order valence-electron chi connectivity index (χ0n) is 24.0. The van der Waals surface area contributed by atoms with Crippen molar-refractivity contribution in [2.45, 2.75) is 0 Å². The second-order valence-electron chi connectivity index (χ2n) is 11.5. The van der Waals surface area contributed by atoms with Crippen LogP contribution in [0.1, 0.15) is 0 Å². The number of nitrogens with zero attached hydrogens (tertiary/aromatic N) is 3. The Morgan fingerprint density at radius 1 is 0.578 bits per heavy atom. The predicted molar refractivity (Wildman–Crippen MR) is 184 cm³/mol. The molecular weight excluding hydrogens is 552 g/mol. The number of aromatic amines is 1. The normalized spacial score (nSPS) is 12.0. The van der Waals surface area contributed by atoms with Crippen LogP contribution in [0.2, 0.25) is 0 Å². The molecule has 5 aromatic carbocycles. The number of nitrogens with one attached hydrogen (secondary N) is 1. The van der Waals surface area contributed by atoms with Gasteiger partial charge in [-0.1, -0.05) is 91.0 Å². The van der Waals surface area contributed by atoms with Crippen LogP contribution < -0.4 is 0 Å². The van der Waals surface area contributed by atoms with Crippen LogP contribution in [0.3, 0.4) is 0 Å². The van der Waals surface area contributed by atoms with Crippen LogP contribution in [-0.4, -0.2) is 19.5 Å². The first-order valence-corrected chi connectivity index (χ1v) is 15.1. The van der Waals surface area contributed by atoms with Crippen molar-refractivity contribution in [2.24, 2.45) is 0 Å². The maximum atomic E-state index is 6.55. The lowest BCUT2D eigenvalue weighted by atomic mass is 9.98. The fourth-order valence-corrected chi connectivity index (χ4v) is 7.00. The van der Waals surface area contributed by atoms with Crippen molar-refractivity contribution in [3.63, 3.8) is 0 Å². The summed E-state index contributed by atoms with van der Waals surface area (Å²) in [5.74, 6) is 0.803. The summed E-state index contributed by atoms with van der Waals surface area (Å²) in [5, 5.41) is 6.77. The number of benzene rings is 5. The average molecular weight is 577 g/mol. The summed E-state index contributed by atoms with van der Waals surface area (Å²) in [6, 6.07) is 46.5. The predicted octanol–water partition coefficient (Wildman–Crippen LogP) is 10.4. The highest BCUT2D eigenvalue weighted by atomic mass is 16.3. The minimum Gasteiger partial charge on any atom is -0.454 e. The number of aromatic nitrogens is 4. The molecule has 0 saturated carbocycles. The highest BCUT2D eigenvalue weighted by Crippen LogP contribution is 2.40. The third-order valence-electron chi connectivity index (χ3n) is 9.00. The Bertz CT molecular complexity index is 2730. The molecule has 0 radical (unpaired) electrons. The summed E-state index contributed by atoms with van der Waals surface area (Å²) in [6.45, 7) is 0. The topological polar surface area (TPSA) is 59.6 Å². The van der Waals surface area contributed by atoms with Gasteiger partial charge in [-0.15, -0.1) is 0 Å². The van der Waals surface area contributed by atoms with Crippen LogP contribution in [0.4, 0.5) is 0 Å². The fourth-order valence-electron chi connectivity index (χ4n) is 7.00. The van der Waals surface area contributed by atoms with Crippen LogP contribution in [-0.2, 0) is 0 Å². The van der Waals surface area contributed by atoms with Gasteiger partial charge in [-0.25, -0.2) is 9.97 Å². The number of fused-ring (bicyclic) bond motifs is 9. The van der Waals surface area contributed by atoms with Gasteiger partial charge in [-0.3, -0.25) is 4.57 Å². The van der Waals surface area contributed by atoms with Crippen molar-refractivity contribution in [3.8, 4) is 28.2 Å². The molecule has 0 aliphatic carbocycles. The summed E-state index contributed by atoms with van der Waals surface area (Å²) >= 11 is 0. The molecule has 5 heterocycles. The average Bonchev–Trinajstić information content (AvgIpc) is 3.77. The van der Waals surface area contributed by atoms with Crippen LogP contribution >= 0.6 is 0 Å². The molecule has 0 unspecified atom stereocenters. The molecular formula is C40H24N4O. The van der Waals surface area contributed by atoms with Gasteiger partial charge in [-0.05, 0) is 48.0 Å². The number of rotatable bonds is 3. The van der Waals surface area contributed by atoms with Crippen LogP contribution in [0.5, 0.6) is 0 Å². The second kappa shape index (κ2) is 9.15. The zero-order chi connectivity index (χ0) is 29.5. The van der Waals surface area contributed by atoms with E-state index in [4.69, 9.17) is 14.4 Å². The quantitative estimate of drug-likeness (QED) is 0.228. The van der Waals surface area contributed by atoms with Crippen LogP contribution in [0.25, 0.3) is 93.9 Å². The number of furan rings is 1. The number of H-pyrrole nitrogens is 1. The zero-order valence-corrected chi connectivity index (χ0v) is 24.0. The maximum Gasteiger partial charge on any atom is 0.161 e. The van der Waals surface area contributed by atoms with E-state index in [9.17, 15) is 0 Å². The Labute approximate surface area is 257 Å². The van der Waals surface area contributed by atoms with E-state index in [1.165, 1.54) is 10.8 Å². The molecule has 0 bridgehead atoms. The minimum atomic E-state index is 0.773. The number of para-hydroxylation sites is 4. The van der Waals surface area contributed by atoms with Gasteiger partial charge in [0, 0.05) is 55.2 Å².